The molecule has 0 aromatic heterocycles. The molecule has 0 radical (unpaired) electrons. The molecule has 1 saturated carbocycles. The molecule has 2 saturated heterocycles. The summed E-state index contributed by atoms with van der Waals surface area (Å²) in [4.78, 5) is 0.433. The molecule has 3 fully saturated rings. The van der Waals surface area contributed by atoms with Gasteiger partial charge in [-0.15, -0.1) is 0 Å². The number of piperidine rings is 1. The average Bonchev–Trinajstić information content (AvgIpc) is 3.28. The summed E-state index contributed by atoms with van der Waals surface area (Å²) < 4.78 is 34.3. The smallest absolute Gasteiger partial charge is 0.243 e. The predicted octanol–water partition coefficient (Wildman–Crippen LogP) is 4.31. The van der Waals surface area contributed by atoms with E-state index in [4.69, 9.17) is 4.74 Å². The first-order valence-electron chi connectivity index (χ1n) is 11.2. The van der Waals surface area contributed by atoms with E-state index < -0.39 is 10.0 Å². The third-order valence-corrected chi connectivity index (χ3v) is 9.24. The predicted molar refractivity (Wildman–Crippen MR) is 110 cm³/mol. The van der Waals surface area contributed by atoms with Crippen molar-refractivity contribution in [2.75, 3.05) is 25.0 Å². The second-order valence-electron chi connectivity index (χ2n) is 9.03. The molecule has 0 spiro atoms. The van der Waals surface area contributed by atoms with Gasteiger partial charge in [0.05, 0.1) is 11.0 Å². The molecule has 0 amide bonds. The lowest BCUT2D eigenvalue weighted by Crippen LogP contribution is -2.45. The maximum absolute atomic E-state index is 13.2. The third kappa shape index (κ3) is 3.27. The molecule has 5 rings (SSSR count). The number of anilines is 1. The molecule has 3 atom stereocenters. The Morgan fingerprint density at radius 3 is 2.54 bits per heavy atom. The lowest BCUT2D eigenvalue weighted by Gasteiger charge is -2.45. The van der Waals surface area contributed by atoms with Gasteiger partial charge in [-0.2, -0.15) is 4.31 Å². The fourth-order valence-corrected chi connectivity index (χ4v) is 7.44. The molecule has 154 valence electrons. The Kier molecular flexibility index (Phi) is 5.14. The van der Waals surface area contributed by atoms with Gasteiger partial charge in [0.2, 0.25) is 10.0 Å². The van der Waals surface area contributed by atoms with Crippen LogP contribution in [-0.4, -0.2) is 38.5 Å². The zero-order valence-corrected chi connectivity index (χ0v) is 17.4. The molecular weight excluding hydrogens is 372 g/mol. The summed E-state index contributed by atoms with van der Waals surface area (Å²) in [5.41, 5.74) is 2.13. The van der Waals surface area contributed by atoms with Gasteiger partial charge in [0, 0.05) is 42.9 Å². The van der Waals surface area contributed by atoms with E-state index in [9.17, 15) is 8.42 Å². The van der Waals surface area contributed by atoms with Crippen molar-refractivity contribution < 1.29 is 13.2 Å². The van der Waals surface area contributed by atoms with Gasteiger partial charge in [0.25, 0.3) is 0 Å². The van der Waals surface area contributed by atoms with Gasteiger partial charge in [0.1, 0.15) is 0 Å². The van der Waals surface area contributed by atoms with Crippen LogP contribution in [0.4, 0.5) is 5.69 Å². The van der Waals surface area contributed by atoms with Crippen LogP contribution in [0.2, 0.25) is 0 Å². The maximum Gasteiger partial charge on any atom is 0.243 e. The number of fused-ring (bicyclic) bond motifs is 3. The summed E-state index contributed by atoms with van der Waals surface area (Å²) >= 11 is 0. The summed E-state index contributed by atoms with van der Waals surface area (Å²) in [5.74, 6) is 1.18. The SMILES string of the molecule is O=S(=O)(c1ccc2c(c1)[C@H]1OCCC[C@H]1[C@@H](C1CCCC1)N2)N1CCCCC1. The number of sulfonamides is 1. The molecule has 4 aliphatic rings. The Morgan fingerprint density at radius 2 is 1.75 bits per heavy atom. The quantitative estimate of drug-likeness (QED) is 0.815. The molecule has 28 heavy (non-hydrogen) atoms. The molecular formula is C22H32N2O3S. The first kappa shape index (κ1) is 18.9. The van der Waals surface area contributed by atoms with Crippen molar-refractivity contribution in [3.63, 3.8) is 0 Å². The van der Waals surface area contributed by atoms with Gasteiger partial charge in [-0.25, -0.2) is 8.42 Å². The van der Waals surface area contributed by atoms with Crippen molar-refractivity contribution in [3.05, 3.63) is 23.8 Å². The molecule has 1 aliphatic carbocycles. The third-order valence-electron chi connectivity index (χ3n) is 7.34. The summed E-state index contributed by atoms with van der Waals surface area (Å²) in [6, 6.07) is 6.15. The Balaban J connectivity index is 1.48. The number of rotatable bonds is 3. The van der Waals surface area contributed by atoms with Gasteiger partial charge in [-0.05, 0) is 62.6 Å². The Labute approximate surface area is 168 Å². The first-order chi connectivity index (χ1) is 13.6. The molecule has 5 nitrogen and oxygen atoms in total. The van der Waals surface area contributed by atoms with E-state index in [-0.39, 0.29) is 6.10 Å². The fourth-order valence-electron chi connectivity index (χ4n) is 5.89. The van der Waals surface area contributed by atoms with Gasteiger partial charge in [-0.1, -0.05) is 19.3 Å². The molecule has 1 N–H and O–H groups in total. The van der Waals surface area contributed by atoms with E-state index in [1.165, 1.54) is 32.1 Å². The van der Waals surface area contributed by atoms with E-state index in [2.05, 4.69) is 5.32 Å². The second kappa shape index (κ2) is 7.62. The van der Waals surface area contributed by atoms with Crippen LogP contribution in [0.5, 0.6) is 0 Å². The Hall–Kier alpha value is -1.11. The molecule has 3 aliphatic heterocycles. The van der Waals surface area contributed by atoms with E-state index in [0.717, 1.165) is 49.5 Å². The van der Waals surface area contributed by atoms with Crippen LogP contribution in [0.15, 0.2) is 23.1 Å². The maximum atomic E-state index is 13.2. The summed E-state index contributed by atoms with van der Waals surface area (Å²) in [7, 11) is -3.41. The molecule has 0 unspecified atom stereocenters. The van der Waals surface area contributed by atoms with E-state index >= 15 is 0 Å². The summed E-state index contributed by atoms with van der Waals surface area (Å²) in [6.45, 7) is 2.06. The fraction of sp³-hybridized carbons (Fsp3) is 0.727. The number of nitrogens with one attached hydrogen (secondary N) is 1. The highest BCUT2D eigenvalue weighted by atomic mass is 32.2. The highest BCUT2D eigenvalue weighted by molar-refractivity contribution is 7.89. The van der Waals surface area contributed by atoms with Gasteiger partial charge >= 0.3 is 0 Å². The zero-order chi connectivity index (χ0) is 19.1. The molecule has 6 heteroatoms. The number of hydrogen-bond donors (Lipinski definition) is 1. The Bertz CT molecular complexity index is 813. The number of hydrogen-bond acceptors (Lipinski definition) is 4. The van der Waals surface area contributed by atoms with Crippen molar-refractivity contribution in [3.8, 4) is 0 Å². The molecule has 3 heterocycles. The van der Waals surface area contributed by atoms with Crippen LogP contribution < -0.4 is 5.32 Å². The largest absolute Gasteiger partial charge is 0.381 e. The minimum atomic E-state index is -3.41. The number of nitrogens with zero attached hydrogens (tertiary/aromatic N) is 1. The highest BCUT2D eigenvalue weighted by Gasteiger charge is 2.43. The van der Waals surface area contributed by atoms with Gasteiger partial charge in [0.15, 0.2) is 0 Å². The lowest BCUT2D eigenvalue weighted by molar-refractivity contribution is -0.0438. The van der Waals surface area contributed by atoms with Crippen LogP contribution in [-0.2, 0) is 14.8 Å². The van der Waals surface area contributed by atoms with Gasteiger partial charge < -0.3 is 10.1 Å². The number of ether oxygens (including phenoxy) is 1. The molecule has 1 aromatic carbocycles. The zero-order valence-electron chi connectivity index (χ0n) is 16.6. The van der Waals surface area contributed by atoms with Crippen LogP contribution in [0.25, 0.3) is 0 Å². The van der Waals surface area contributed by atoms with E-state index in [0.29, 0.717) is 29.9 Å². The monoisotopic (exact) mass is 404 g/mol. The van der Waals surface area contributed by atoms with Crippen molar-refractivity contribution in [2.45, 2.75) is 74.8 Å². The topological polar surface area (TPSA) is 58.6 Å². The minimum absolute atomic E-state index is 0.0344. The van der Waals surface area contributed by atoms with Crippen molar-refractivity contribution >= 4 is 15.7 Å². The van der Waals surface area contributed by atoms with E-state index in [1.807, 2.05) is 12.1 Å². The summed E-state index contributed by atoms with van der Waals surface area (Å²) in [5, 5.41) is 3.81. The standard InChI is InChI=1S/C22H32N2O3S/c25-28(26,24-12-4-1-5-13-24)17-10-11-20-19(15-17)22-18(9-6-14-27-22)21(23-20)16-7-2-3-8-16/h10-11,15-16,18,21-23H,1-9,12-14H2/t18-,21+,22-/m0/s1. The van der Waals surface area contributed by atoms with Crippen LogP contribution in [0, 0.1) is 11.8 Å². The van der Waals surface area contributed by atoms with E-state index in [1.54, 1.807) is 10.4 Å². The second-order valence-corrected chi connectivity index (χ2v) is 11.0. The lowest BCUT2D eigenvalue weighted by atomic mass is 9.75. The van der Waals surface area contributed by atoms with Crippen LogP contribution in [0.3, 0.4) is 0 Å². The normalized spacial score (nSPS) is 31.8. The first-order valence-corrected chi connectivity index (χ1v) is 12.6. The van der Waals surface area contributed by atoms with Gasteiger partial charge in [-0.3, -0.25) is 0 Å². The minimum Gasteiger partial charge on any atom is -0.381 e. The van der Waals surface area contributed by atoms with Crippen molar-refractivity contribution in [1.29, 1.82) is 0 Å². The summed E-state index contributed by atoms with van der Waals surface area (Å²) in [6.07, 6.45) is 10.6. The average molecular weight is 405 g/mol. The Morgan fingerprint density at radius 1 is 0.964 bits per heavy atom. The molecule has 0 bridgehead atoms. The molecule has 1 aromatic rings. The van der Waals surface area contributed by atoms with Crippen molar-refractivity contribution in [2.24, 2.45) is 11.8 Å². The number of benzene rings is 1. The van der Waals surface area contributed by atoms with Crippen LogP contribution in [0.1, 0.15) is 69.5 Å². The van der Waals surface area contributed by atoms with Crippen molar-refractivity contribution in [1.82, 2.24) is 4.31 Å². The van der Waals surface area contributed by atoms with Crippen LogP contribution >= 0.6 is 0 Å². The highest BCUT2D eigenvalue weighted by Crippen LogP contribution is 2.48.